The lowest BCUT2D eigenvalue weighted by Gasteiger charge is -2.29. The number of piperidine rings is 1. The van der Waals surface area contributed by atoms with Crippen molar-refractivity contribution in [1.82, 2.24) is 9.88 Å². The molecule has 0 saturated carbocycles. The molecule has 0 bridgehead atoms. The van der Waals surface area contributed by atoms with E-state index in [-0.39, 0.29) is 5.92 Å². The average molecular weight is 223 g/mol. The Labute approximate surface area is 96.8 Å². The SMILES string of the molecule is CC(CN)c1cnc(C2CCCCN2C)o1. The van der Waals surface area contributed by atoms with Gasteiger partial charge in [0.1, 0.15) is 5.76 Å². The molecule has 0 amide bonds. The summed E-state index contributed by atoms with van der Waals surface area (Å²) in [5.41, 5.74) is 5.62. The smallest absolute Gasteiger partial charge is 0.211 e. The van der Waals surface area contributed by atoms with Crippen molar-refractivity contribution in [2.45, 2.75) is 38.1 Å². The Morgan fingerprint density at radius 1 is 1.62 bits per heavy atom. The van der Waals surface area contributed by atoms with E-state index in [2.05, 4.69) is 23.9 Å². The zero-order valence-electron chi connectivity index (χ0n) is 10.1. The molecule has 4 nitrogen and oxygen atoms in total. The van der Waals surface area contributed by atoms with Crippen LogP contribution in [0.2, 0.25) is 0 Å². The van der Waals surface area contributed by atoms with Crippen LogP contribution in [0, 0.1) is 0 Å². The highest BCUT2D eigenvalue weighted by atomic mass is 16.4. The zero-order valence-corrected chi connectivity index (χ0v) is 10.1. The molecule has 16 heavy (non-hydrogen) atoms. The molecule has 0 spiro atoms. The Morgan fingerprint density at radius 2 is 2.44 bits per heavy atom. The zero-order chi connectivity index (χ0) is 11.5. The quantitative estimate of drug-likeness (QED) is 0.850. The van der Waals surface area contributed by atoms with Crippen molar-refractivity contribution in [2.24, 2.45) is 5.73 Å². The number of hydrogen-bond acceptors (Lipinski definition) is 4. The number of nitrogens with two attached hydrogens (primary N) is 1. The fraction of sp³-hybridized carbons (Fsp3) is 0.750. The summed E-state index contributed by atoms with van der Waals surface area (Å²) in [5, 5.41) is 0. The van der Waals surface area contributed by atoms with Gasteiger partial charge in [0.15, 0.2) is 0 Å². The van der Waals surface area contributed by atoms with Crippen LogP contribution in [-0.4, -0.2) is 30.0 Å². The number of aromatic nitrogens is 1. The second kappa shape index (κ2) is 4.97. The second-order valence-corrected chi connectivity index (χ2v) is 4.73. The summed E-state index contributed by atoms with van der Waals surface area (Å²) < 4.78 is 5.81. The Morgan fingerprint density at radius 3 is 3.12 bits per heavy atom. The molecule has 2 N–H and O–H groups in total. The van der Waals surface area contributed by atoms with Crippen molar-refractivity contribution in [3.8, 4) is 0 Å². The Hall–Kier alpha value is -0.870. The highest BCUT2D eigenvalue weighted by Crippen LogP contribution is 2.30. The molecule has 0 aliphatic carbocycles. The number of oxazole rings is 1. The predicted octanol–water partition coefficient (Wildman–Crippen LogP) is 1.89. The molecule has 4 heteroatoms. The number of likely N-dealkylation sites (tertiary alicyclic amines) is 1. The highest BCUT2D eigenvalue weighted by molar-refractivity contribution is 5.04. The third-order valence-corrected chi connectivity index (χ3v) is 3.44. The lowest BCUT2D eigenvalue weighted by Crippen LogP contribution is -2.29. The van der Waals surface area contributed by atoms with Gasteiger partial charge in [-0.05, 0) is 26.4 Å². The molecule has 1 saturated heterocycles. The molecular formula is C12H21N3O. The molecule has 2 unspecified atom stereocenters. The molecule has 1 aromatic heterocycles. The fourth-order valence-corrected chi connectivity index (χ4v) is 2.19. The summed E-state index contributed by atoms with van der Waals surface area (Å²) in [4.78, 5) is 6.72. The summed E-state index contributed by atoms with van der Waals surface area (Å²) in [6.45, 7) is 3.80. The van der Waals surface area contributed by atoms with Crippen LogP contribution in [0.4, 0.5) is 0 Å². The number of hydrogen-bond donors (Lipinski definition) is 1. The first kappa shape index (κ1) is 11.6. The van der Waals surface area contributed by atoms with Crippen molar-refractivity contribution < 1.29 is 4.42 Å². The van der Waals surface area contributed by atoms with Crippen LogP contribution in [0.5, 0.6) is 0 Å². The van der Waals surface area contributed by atoms with Gasteiger partial charge >= 0.3 is 0 Å². The number of nitrogens with zero attached hydrogens (tertiary/aromatic N) is 2. The largest absolute Gasteiger partial charge is 0.444 e. The molecule has 1 fully saturated rings. The molecule has 0 radical (unpaired) electrons. The fourth-order valence-electron chi connectivity index (χ4n) is 2.19. The van der Waals surface area contributed by atoms with Crippen molar-refractivity contribution in [3.63, 3.8) is 0 Å². The van der Waals surface area contributed by atoms with Gasteiger partial charge in [0.2, 0.25) is 5.89 Å². The molecular weight excluding hydrogens is 202 g/mol. The predicted molar refractivity (Wildman–Crippen MR) is 63.2 cm³/mol. The molecule has 2 rings (SSSR count). The van der Waals surface area contributed by atoms with E-state index in [0.29, 0.717) is 12.6 Å². The van der Waals surface area contributed by atoms with Gasteiger partial charge in [-0.15, -0.1) is 0 Å². The van der Waals surface area contributed by atoms with Crippen LogP contribution in [0.15, 0.2) is 10.6 Å². The Balaban J connectivity index is 2.11. The standard InChI is InChI=1S/C12H21N3O/c1-9(7-13)11-8-14-12(16-11)10-5-3-4-6-15(10)2/h8-10H,3-7,13H2,1-2H3. The molecule has 1 aromatic rings. The van der Waals surface area contributed by atoms with Gasteiger partial charge in [-0.25, -0.2) is 4.98 Å². The lowest BCUT2D eigenvalue weighted by atomic mass is 10.0. The van der Waals surface area contributed by atoms with E-state index in [0.717, 1.165) is 24.6 Å². The average Bonchev–Trinajstić information content (AvgIpc) is 2.78. The third-order valence-electron chi connectivity index (χ3n) is 3.44. The van der Waals surface area contributed by atoms with E-state index in [1.54, 1.807) is 0 Å². The van der Waals surface area contributed by atoms with E-state index in [4.69, 9.17) is 10.2 Å². The van der Waals surface area contributed by atoms with Gasteiger partial charge in [-0.2, -0.15) is 0 Å². The van der Waals surface area contributed by atoms with E-state index in [1.165, 1.54) is 12.8 Å². The summed E-state index contributed by atoms with van der Waals surface area (Å²) in [7, 11) is 2.14. The van der Waals surface area contributed by atoms with Crippen LogP contribution >= 0.6 is 0 Å². The maximum Gasteiger partial charge on any atom is 0.211 e. The highest BCUT2D eigenvalue weighted by Gasteiger charge is 2.25. The molecule has 90 valence electrons. The van der Waals surface area contributed by atoms with Crippen molar-refractivity contribution in [1.29, 1.82) is 0 Å². The first-order chi connectivity index (χ1) is 7.72. The summed E-state index contributed by atoms with van der Waals surface area (Å²) in [5.74, 6) is 2.03. The van der Waals surface area contributed by atoms with Crippen LogP contribution in [-0.2, 0) is 0 Å². The van der Waals surface area contributed by atoms with Crippen LogP contribution in [0.1, 0.15) is 49.8 Å². The van der Waals surface area contributed by atoms with Gasteiger partial charge in [-0.3, -0.25) is 4.90 Å². The maximum absolute atomic E-state index is 5.81. The molecule has 2 atom stereocenters. The van der Waals surface area contributed by atoms with E-state index in [1.807, 2.05) is 6.20 Å². The Bertz CT molecular complexity index is 337. The van der Waals surface area contributed by atoms with Gasteiger partial charge < -0.3 is 10.2 Å². The van der Waals surface area contributed by atoms with Gasteiger partial charge in [-0.1, -0.05) is 13.3 Å². The molecule has 1 aliphatic rings. The van der Waals surface area contributed by atoms with Crippen molar-refractivity contribution >= 4 is 0 Å². The van der Waals surface area contributed by atoms with Gasteiger partial charge in [0.05, 0.1) is 12.2 Å². The van der Waals surface area contributed by atoms with E-state index in [9.17, 15) is 0 Å². The van der Waals surface area contributed by atoms with Crippen LogP contribution in [0.3, 0.4) is 0 Å². The minimum absolute atomic E-state index is 0.259. The van der Waals surface area contributed by atoms with Crippen LogP contribution in [0.25, 0.3) is 0 Å². The second-order valence-electron chi connectivity index (χ2n) is 4.73. The first-order valence-corrected chi connectivity index (χ1v) is 6.08. The summed E-state index contributed by atoms with van der Waals surface area (Å²) in [6.07, 6.45) is 5.52. The van der Waals surface area contributed by atoms with E-state index < -0.39 is 0 Å². The number of rotatable bonds is 3. The Kier molecular flexibility index (Phi) is 3.61. The van der Waals surface area contributed by atoms with Crippen molar-refractivity contribution in [3.05, 3.63) is 17.8 Å². The van der Waals surface area contributed by atoms with Gasteiger partial charge in [0, 0.05) is 12.5 Å². The molecule has 1 aliphatic heterocycles. The first-order valence-electron chi connectivity index (χ1n) is 6.08. The van der Waals surface area contributed by atoms with E-state index >= 15 is 0 Å². The monoisotopic (exact) mass is 223 g/mol. The molecule has 2 heterocycles. The van der Waals surface area contributed by atoms with Crippen LogP contribution < -0.4 is 5.73 Å². The maximum atomic E-state index is 5.81. The minimum Gasteiger partial charge on any atom is -0.444 e. The van der Waals surface area contributed by atoms with Gasteiger partial charge in [0.25, 0.3) is 0 Å². The lowest BCUT2D eigenvalue weighted by molar-refractivity contribution is 0.156. The minimum atomic E-state index is 0.259. The third kappa shape index (κ3) is 2.28. The summed E-state index contributed by atoms with van der Waals surface area (Å²) >= 11 is 0. The summed E-state index contributed by atoms with van der Waals surface area (Å²) in [6, 6.07) is 0.354. The normalized spacial score (nSPS) is 24.6. The topological polar surface area (TPSA) is 55.3 Å². The molecule has 0 aromatic carbocycles. The van der Waals surface area contributed by atoms with Crippen molar-refractivity contribution in [2.75, 3.05) is 20.1 Å².